The Morgan fingerprint density at radius 2 is 1.80 bits per heavy atom. The predicted octanol–water partition coefficient (Wildman–Crippen LogP) is 4.81. The zero-order valence-electron chi connectivity index (χ0n) is 21.2. The summed E-state index contributed by atoms with van der Waals surface area (Å²) < 4.78 is 39.4. The lowest BCUT2D eigenvalue weighted by atomic mass is 9.78. The molecular weight excluding hydrogens is 449 g/mol. The van der Waals surface area contributed by atoms with E-state index < -0.39 is 23.6 Å². The SMILES string of the molecule is Cc1ccc(CO[C@@H]2C[C@](OCc3ccccc3F)(C(=O)NC(C)C)C[C@H]3OC(C)(C)O[C@@H]23)cc1. The first-order valence-electron chi connectivity index (χ1n) is 12.3. The molecule has 1 heterocycles. The monoisotopic (exact) mass is 485 g/mol. The number of carbonyl (C=O) groups is 1. The van der Waals surface area contributed by atoms with Crippen LogP contribution in [0.15, 0.2) is 48.5 Å². The second-order valence-corrected chi connectivity index (χ2v) is 10.4. The van der Waals surface area contributed by atoms with Gasteiger partial charge in [-0.3, -0.25) is 4.79 Å². The van der Waals surface area contributed by atoms with E-state index in [0.29, 0.717) is 18.6 Å². The van der Waals surface area contributed by atoms with Crippen molar-refractivity contribution in [3.05, 3.63) is 71.0 Å². The maximum absolute atomic E-state index is 14.4. The Hall–Kier alpha value is -2.32. The molecule has 6 nitrogen and oxygen atoms in total. The van der Waals surface area contributed by atoms with Gasteiger partial charge in [0.2, 0.25) is 0 Å². The molecule has 35 heavy (non-hydrogen) atoms. The minimum atomic E-state index is -1.25. The summed E-state index contributed by atoms with van der Waals surface area (Å²) >= 11 is 0. The Morgan fingerprint density at radius 1 is 1.09 bits per heavy atom. The molecule has 4 rings (SSSR count). The Morgan fingerprint density at radius 3 is 2.49 bits per heavy atom. The van der Waals surface area contributed by atoms with Crippen molar-refractivity contribution in [2.45, 2.75) is 96.4 Å². The smallest absolute Gasteiger partial charge is 0.252 e. The van der Waals surface area contributed by atoms with E-state index in [4.69, 9.17) is 18.9 Å². The van der Waals surface area contributed by atoms with Crippen molar-refractivity contribution in [3.63, 3.8) is 0 Å². The normalized spacial score (nSPS) is 27.6. The van der Waals surface area contributed by atoms with Gasteiger partial charge in [0.15, 0.2) is 11.4 Å². The van der Waals surface area contributed by atoms with Crippen molar-refractivity contribution in [2.75, 3.05) is 0 Å². The van der Waals surface area contributed by atoms with Crippen LogP contribution in [-0.2, 0) is 37.0 Å². The molecule has 2 aromatic rings. The van der Waals surface area contributed by atoms with E-state index >= 15 is 0 Å². The molecule has 4 atom stereocenters. The summed E-state index contributed by atoms with van der Waals surface area (Å²) in [7, 11) is 0. The first kappa shape index (κ1) is 25.8. The summed E-state index contributed by atoms with van der Waals surface area (Å²) in [6.45, 7) is 9.89. The van der Waals surface area contributed by atoms with Crippen LogP contribution in [0.3, 0.4) is 0 Å². The topological polar surface area (TPSA) is 66.0 Å². The average Bonchev–Trinajstić information content (AvgIpc) is 3.11. The van der Waals surface area contributed by atoms with Gasteiger partial charge in [-0.25, -0.2) is 4.39 Å². The summed E-state index contributed by atoms with van der Waals surface area (Å²) in [6, 6.07) is 14.5. The predicted molar refractivity (Wildman–Crippen MR) is 130 cm³/mol. The zero-order chi connectivity index (χ0) is 25.2. The number of halogens is 1. The summed E-state index contributed by atoms with van der Waals surface area (Å²) in [4.78, 5) is 13.6. The molecule has 190 valence electrons. The highest BCUT2D eigenvalue weighted by Gasteiger charge is 2.58. The van der Waals surface area contributed by atoms with Crippen LogP contribution >= 0.6 is 0 Å². The van der Waals surface area contributed by atoms with Crippen molar-refractivity contribution >= 4 is 5.91 Å². The number of carbonyl (C=O) groups excluding carboxylic acids is 1. The molecule has 0 aromatic heterocycles. The lowest BCUT2D eigenvalue weighted by Crippen LogP contribution is -2.60. The number of hydrogen-bond donors (Lipinski definition) is 1. The molecule has 1 aliphatic heterocycles. The van der Waals surface area contributed by atoms with Gasteiger partial charge in [-0.05, 0) is 46.2 Å². The van der Waals surface area contributed by atoms with Gasteiger partial charge >= 0.3 is 0 Å². The fourth-order valence-electron chi connectivity index (χ4n) is 4.82. The highest BCUT2D eigenvalue weighted by molar-refractivity contribution is 5.85. The Labute approximate surface area is 207 Å². The number of hydrogen-bond acceptors (Lipinski definition) is 5. The lowest BCUT2D eigenvalue weighted by molar-refractivity contribution is -0.184. The van der Waals surface area contributed by atoms with Gasteiger partial charge in [0, 0.05) is 24.4 Å². The van der Waals surface area contributed by atoms with Crippen LogP contribution in [0.25, 0.3) is 0 Å². The molecule has 1 saturated carbocycles. The molecule has 0 spiro atoms. The number of aryl methyl sites for hydroxylation is 1. The number of ether oxygens (including phenoxy) is 4. The summed E-state index contributed by atoms with van der Waals surface area (Å²) in [5, 5.41) is 3.00. The van der Waals surface area contributed by atoms with Crippen LogP contribution in [0.5, 0.6) is 0 Å². The number of fused-ring (bicyclic) bond motifs is 1. The third kappa shape index (κ3) is 6.09. The fourth-order valence-corrected chi connectivity index (χ4v) is 4.82. The highest BCUT2D eigenvalue weighted by atomic mass is 19.1. The zero-order valence-corrected chi connectivity index (χ0v) is 21.2. The van der Waals surface area contributed by atoms with E-state index in [0.717, 1.165) is 5.56 Å². The summed E-state index contributed by atoms with van der Waals surface area (Å²) in [5.74, 6) is -1.43. The third-order valence-electron chi connectivity index (χ3n) is 6.53. The van der Waals surface area contributed by atoms with Gasteiger partial charge in [-0.1, -0.05) is 48.0 Å². The molecule has 0 radical (unpaired) electrons. The number of rotatable bonds is 8. The molecular formula is C28H36FNO5. The quantitative estimate of drug-likeness (QED) is 0.581. The molecule has 1 N–H and O–H groups in total. The molecule has 2 aromatic carbocycles. The van der Waals surface area contributed by atoms with E-state index in [1.165, 1.54) is 11.6 Å². The van der Waals surface area contributed by atoms with Crippen molar-refractivity contribution < 1.29 is 28.1 Å². The molecule has 1 amide bonds. The number of benzene rings is 2. The molecule has 0 unspecified atom stereocenters. The van der Waals surface area contributed by atoms with Crippen LogP contribution in [0.2, 0.25) is 0 Å². The Kier molecular flexibility index (Phi) is 7.62. The highest BCUT2D eigenvalue weighted by Crippen LogP contribution is 2.44. The minimum Gasteiger partial charge on any atom is -0.371 e. The van der Waals surface area contributed by atoms with Crippen LogP contribution in [0.4, 0.5) is 4.39 Å². The largest absolute Gasteiger partial charge is 0.371 e. The molecule has 1 aliphatic carbocycles. The maximum atomic E-state index is 14.4. The van der Waals surface area contributed by atoms with Crippen molar-refractivity contribution in [1.82, 2.24) is 5.32 Å². The standard InChI is InChI=1S/C28H36FNO5/c1-18(2)30-26(31)28(33-17-21-8-6-7-9-22(21)29)14-23(25-24(15-28)34-27(4,5)35-25)32-16-20-12-10-19(3)11-13-20/h6-13,18,23-25H,14-17H2,1-5H3,(H,30,31)/t23-,24-,25+,28-/m1/s1. The summed E-state index contributed by atoms with van der Waals surface area (Å²) in [6.07, 6.45) is -0.631. The van der Waals surface area contributed by atoms with E-state index in [2.05, 4.69) is 5.32 Å². The first-order valence-corrected chi connectivity index (χ1v) is 12.3. The van der Waals surface area contributed by atoms with E-state index in [-0.39, 0.29) is 36.9 Å². The van der Waals surface area contributed by atoms with Crippen LogP contribution in [0, 0.1) is 12.7 Å². The van der Waals surface area contributed by atoms with Gasteiger partial charge in [-0.2, -0.15) is 0 Å². The minimum absolute atomic E-state index is 0.0372. The average molecular weight is 486 g/mol. The molecule has 2 aliphatic rings. The molecule has 7 heteroatoms. The van der Waals surface area contributed by atoms with Crippen LogP contribution in [-0.4, -0.2) is 41.6 Å². The lowest BCUT2D eigenvalue weighted by Gasteiger charge is -2.43. The third-order valence-corrected chi connectivity index (χ3v) is 6.53. The molecule has 1 saturated heterocycles. The van der Waals surface area contributed by atoms with Crippen molar-refractivity contribution in [2.24, 2.45) is 0 Å². The van der Waals surface area contributed by atoms with Gasteiger partial charge in [0.1, 0.15) is 11.9 Å². The summed E-state index contributed by atoms with van der Waals surface area (Å²) in [5.41, 5.74) is 1.34. The van der Waals surface area contributed by atoms with Gasteiger partial charge in [-0.15, -0.1) is 0 Å². The van der Waals surface area contributed by atoms with E-state index in [1.54, 1.807) is 18.2 Å². The Balaban J connectivity index is 1.61. The Bertz CT molecular complexity index is 1020. The fraction of sp³-hybridized carbons (Fsp3) is 0.536. The van der Waals surface area contributed by atoms with Crippen LogP contribution in [0.1, 0.15) is 57.2 Å². The second-order valence-electron chi connectivity index (χ2n) is 10.4. The van der Waals surface area contributed by atoms with E-state index in [1.807, 2.05) is 58.9 Å². The molecule has 0 bridgehead atoms. The molecule has 2 fully saturated rings. The maximum Gasteiger partial charge on any atom is 0.252 e. The van der Waals surface area contributed by atoms with E-state index in [9.17, 15) is 9.18 Å². The van der Waals surface area contributed by atoms with Crippen LogP contribution < -0.4 is 5.32 Å². The van der Waals surface area contributed by atoms with Crippen molar-refractivity contribution in [1.29, 1.82) is 0 Å². The second kappa shape index (κ2) is 10.3. The van der Waals surface area contributed by atoms with Crippen molar-refractivity contribution in [3.8, 4) is 0 Å². The van der Waals surface area contributed by atoms with Gasteiger partial charge < -0.3 is 24.3 Å². The van der Waals surface area contributed by atoms with Gasteiger partial charge in [0.25, 0.3) is 5.91 Å². The number of amides is 1. The number of nitrogens with one attached hydrogen (secondary N) is 1. The van der Waals surface area contributed by atoms with Gasteiger partial charge in [0.05, 0.1) is 25.4 Å². The first-order chi connectivity index (χ1) is 16.6.